The van der Waals surface area contributed by atoms with Gasteiger partial charge in [0.15, 0.2) is 12.4 Å². The normalized spacial score (nSPS) is 13.9. The van der Waals surface area contributed by atoms with Crippen molar-refractivity contribution in [1.29, 1.82) is 0 Å². The van der Waals surface area contributed by atoms with Crippen molar-refractivity contribution >= 4 is 34.3 Å². The van der Waals surface area contributed by atoms with E-state index >= 15 is 0 Å². The number of anilines is 2. The number of hydrogen-bond acceptors (Lipinski definition) is 5. The number of pyridine rings is 1. The van der Waals surface area contributed by atoms with Gasteiger partial charge in [-0.2, -0.15) is 13.2 Å². The molecule has 0 bridgehead atoms. The number of carbonyl (C=O) groups is 2. The molecule has 29 heavy (non-hydrogen) atoms. The van der Waals surface area contributed by atoms with Gasteiger partial charge in [0.05, 0.1) is 16.6 Å². The minimum Gasteiger partial charge on any atom is -0.482 e. The molecule has 11 heteroatoms. The number of nitrogens with zero attached hydrogens (tertiary/aromatic N) is 1. The molecule has 0 radical (unpaired) electrons. The number of aromatic nitrogens is 1. The van der Waals surface area contributed by atoms with Crippen LogP contribution in [0.5, 0.6) is 5.75 Å². The molecule has 4 rings (SSSR count). The molecule has 0 atom stereocenters. The molecular weight excluding hydrogens is 395 g/mol. The Balaban J connectivity index is 1.67. The van der Waals surface area contributed by atoms with Gasteiger partial charge in [0.2, 0.25) is 5.71 Å². The summed E-state index contributed by atoms with van der Waals surface area (Å²) in [5.41, 5.74) is -1.98. The number of nitrogens with one attached hydrogen (secondary N) is 2. The Bertz CT molecular complexity index is 1210. The summed E-state index contributed by atoms with van der Waals surface area (Å²) in [6.07, 6.45) is -4.79. The van der Waals surface area contributed by atoms with Crippen LogP contribution in [0.15, 0.2) is 39.5 Å². The van der Waals surface area contributed by atoms with Gasteiger partial charge in [-0.25, -0.2) is 0 Å². The van der Waals surface area contributed by atoms with Gasteiger partial charge < -0.3 is 19.4 Å². The van der Waals surface area contributed by atoms with E-state index in [-0.39, 0.29) is 18.2 Å². The van der Waals surface area contributed by atoms with E-state index in [0.717, 1.165) is 6.07 Å². The summed E-state index contributed by atoms with van der Waals surface area (Å²) >= 11 is 0. The standard InChI is InChI=1S/C18H12F3N3O5/c1-24-11-4-8(2-3-12(11)28-7-15(24)26)22-16(27)13-5-9-10(18(19,20)21)6-14(25)23-17(9)29-13/h2-6H,7H2,1H3,(H,22,27)(H,23,25). The lowest BCUT2D eigenvalue weighted by molar-refractivity contribution is -0.136. The maximum absolute atomic E-state index is 13.1. The molecule has 2 N–H and O–H groups in total. The highest BCUT2D eigenvalue weighted by molar-refractivity contribution is 6.05. The molecule has 0 fully saturated rings. The van der Waals surface area contributed by atoms with Crippen LogP contribution < -0.4 is 20.5 Å². The van der Waals surface area contributed by atoms with Crippen LogP contribution in [0.25, 0.3) is 11.1 Å². The first-order valence-corrected chi connectivity index (χ1v) is 8.22. The topological polar surface area (TPSA) is 105 Å². The Kier molecular flexibility index (Phi) is 4.10. The summed E-state index contributed by atoms with van der Waals surface area (Å²) in [7, 11) is 1.55. The molecule has 1 aliphatic rings. The Morgan fingerprint density at radius 2 is 1.97 bits per heavy atom. The SMILES string of the molecule is CN1C(=O)COc2ccc(NC(=O)c3cc4c(C(F)(F)F)cc(=O)[nH]c4o3)cc21. The van der Waals surface area contributed by atoms with Crippen molar-refractivity contribution < 1.29 is 31.9 Å². The second-order valence-electron chi connectivity index (χ2n) is 6.28. The van der Waals surface area contributed by atoms with E-state index in [1.165, 1.54) is 17.0 Å². The van der Waals surface area contributed by atoms with Crippen molar-refractivity contribution in [3.05, 3.63) is 52.0 Å². The fraction of sp³-hybridized carbons (Fsp3) is 0.167. The third kappa shape index (κ3) is 3.30. The molecule has 0 saturated carbocycles. The van der Waals surface area contributed by atoms with Gasteiger partial charge in [0, 0.05) is 18.8 Å². The minimum absolute atomic E-state index is 0.103. The second-order valence-corrected chi connectivity index (χ2v) is 6.28. The number of furan rings is 1. The molecule has 3 aromatic rings. The maximum Gasteiger partial charge on any atom is 0.417 e. The summed E-state index contributed by atoms with van der Waals surface area (Å²) in [6.45, 7) is -0.103. The lowest BCUT2D eigenvalue weighted by Gasteiger charge is -2.26. The summed E-state index contributed by atoms with van der Waals surface area (Å²) in [5.74, 6) is -1.09. The van der Waals surface area contributed by atoms with Crippen molar-refractivity contribution in [2.24, 2.45) is 0 Å². The van der Waals surface area contributed by atoms with Crippen LogP contribution >= 0.6 is 0 Å². The zero-order chi connectivity index (χ0) is 20.9. The van der Waals surface area contributed by atoms with Gasteiger partial charge in [-0.05, 0) is 24.3 Å². The predicted molar refractivity (Wildman–Crippen MR) is 95.1 cm³/mol. The van der Waals surface area contributed by atoms with Crippen LogP contribution in [0.4, 0.5) is 24.5 Å². The first-order valence-electron chi connectivity index (χ1n) is 8.22. The number of benzene rings is 1. The molecule has 2 aromatic heterocycles. The van der Waals surface area contributed by atoms with Gasteiger partial charge >= 0.3 is 6.18 Å². The summed E-state index contributed by atoms with van der Waals surface area (Å²) < 4.78 is 49.8. The fourth-order valence-electron chi connectivity index (χ4n) is 2.93. The molecule has 0 aliphatic carbocycles. The average molecular weight is 407 g/mol. The van der Waals surface area contributed by atoms with E-state index in [0.29, 0.717) is 17.5 Å². The number of alkyl halides is 3. The van der Waals surface area contributed by atoms with Crippen LogP contribution in [0.2, 0.25) is 0 Å². The van der Waals surface area contributed by atoms with Crippen molar-refractivity contribution in [3.8, 4) is 5.75 Å². The molecule has 3 heterocycles. The van der Waals surface area contributed by atoms with Crippen molar-refractivity contribution in [3.63, 3.8) is 0 Å². The summed E-state index contributed by atoms with van der Waals surface area (Å²) in [5, 5.41) is 2.04. The fourth-order valence-corrected chi connectivity index (χ4v) is 2.93. The summed E-state index contributed by atoms with van der Waals surface area (Å²) in [6, 6.07) is 5.84. The molecule has 1 aliphatic heterocycles. The number of amides is 2. The molecular formula is C18H12F3N3O5. The van der Waals surface area contributed by atoms with Crippen molar-refractivity contribution in [1.82, 2.24) is 4.98 Å². The quantitative estimate of drug-likeness (QED) is 0.680. The number of rotatable bonds is 2. The van der Waals surface area contributed by atoms with Crippen LogP contribution in [-0.4, -0.2) is 30.5 Å². The average Bonchev–Trinajstić information content (AvgIpc) is 3.07. The second kappa shape index (κ2) is 6.40. The highest BCUT2D eigenvalue weighted by Gasteiger charge is 2.35. The Morgan fingerprint density at radius 3 is 2.69 bits per heavy atom. The van der Waals surface area contributed by atoms with Crippen LogP contribution in [-0.2, 0) is 11.0 Å². The third-order valence-corrected chi connectivity index (χ3v) is 4.37. The Morgan fingerprint density at radius 1 is 1.21 bits per heavy atom. The van der Waals surface area contributed by atoms with E-state index in [2.05, 4.69) is 10.3 Å². The zero-order valence-corrected chi connectivity index (χ0v) is 14.7. The Labute approximate surface area is 159 Å². The van der Waals surface area contributed by atoms with Crippen molar-refractivity contribution in [2.45, 2.75) is 6.18 Å². The predicted octanol–water partition coefficient (Wildman–Crippen LogP) is 2.75. The van der Waals surface area contributed by atoms with E-state index in [1.54, 1.807) is 13.1 Å². The highest BCUT2D eigenvalue weighted by Crippen LogP contribution is 2.35. The van der Waals surface area contributed by atoms with Crippen LogP contribution in [0.1, 0.15) is 16.1 Å². The molecule has 0 unspecified atom stereocenters. The molecule has 0 spiro atoms. The van der Waals surface area contributed by atoms with Crippen LogP contribution in [0, 0.1) is 0 Å². The van der Waals surface area contributed by atoms with E-state index in [9.17, 15) is 27.6 Å². The number of halogens is 3. The van der Waals surface area contributed by atoms with Gasteiger partial charge in [0.25, 0.3) is 17.4 Å². The maximum atomic E-state index is 13.1. The highest BCUT2D eigenvalue weighted by atomic mass is 19.4. The number of carbonyl (C=O) groups excluding carboxylic acids is 2. The Hall–Kier alpha value is -3.76. The van der Waals surface area contributed by atoms with Gasteiger partial charge in [-0.1, -0.05) is 0 Å². The lowest BCUT2D eigenvalue weighted by Crippen LogP contribution is -2.35. The van der Waals surface area contributed by atoms with Crippen LogP contribution in [0.3, 0.4) is 0 Å². The zero-order valence-electron chi connectivity index (χ0n) is 14.7. The molecule has 2 amide bonds. The van der Waals surface area contributed by atoms with Gasteiger partial charge in [-0.3, -0.25) is 19.4 Å². The number of ether oxygens (including phenoxy) is 1. The first-order chi connectivity index (χ1) is 13.6. The number of hydrogen-bond donors (Lipinski definition) is 2. The van der Waals surface area contributed by atoms with Gasteiger partial charge in [0.1, 0.15) is 5.75 Å². The third-order valence-electron chi connectivity index (χ3n) is 4.37. The number of H-pyrrole nitrogens is 1. The monoisotopic (exact) mass is 407 g/mol. The smallest absolute Gasteiger partial charge is 0.417 e. The van der Waals surface area contributed by atoms with Crippen molar-refractivity contribution in [2.75, 3.05) is 23.9 Å². The number of aromatic amines is 1. The number of fused-ring (bicyclic) bond motifs is 2. The summed E-state index contributed by atoms with van der Waals surface area (Å²) in [4.78, 5) is 39.1. The molecule has 8 nitrogen and oxygen atoms in total. The minimum atomic E-state index is -4.79. The largest absolute Gasteiger partial charge is 0.482 e. The van der Waals surface area contributed by atoms with E-state index in [4.69, 9.17) is 9.15 Å². The molecule has 0 saturated heterocycles. The first kappa shape index (κ1) is 18.6. The van der Waals surface area contributed by atoms with E-state index in [1.807, 2.05) is 0 Å². The molecule has 1 aromatic carbocycles. The molecule has 150 valence electrons. The lowest BCUT2D eigenvalue weighted by atomic mass is 10.1. The van der Waals surface area contributed by atoms with E-state index < -0.39 is 40.1 Å². The van der Waals surface area contributed by atoms with Gasteiger partial charge in [-0.15, -0.1) is 0 Å². The number of likely N-dealkylation sites (N-methyl/N-ethyl adjacent to an activating group) is 1.